The van der Waals surface area contributed by atoms with Crippen LogP contribution in [0.2, 0.25) is 0 Å². The number of carbonyl (C=O) groups is 2. The van der Waals surface area contributed by atoms with Crippen LogP contribution >= 0.6 is 10.3 Å². The van der Waals surface area contributed by atoms with Crippen molar-refractivity contribution >= 4 is 32.2 Å². The molecule has 2 unspecified atom stereocenters. The van der Waals surface area contributed by atoms with Crippen molar-refractivity contribution in [1.29, 1.82) is 0 Å². The van der Waals surface area contributed by atoms with Crippen LogP contribution in [0.5, 0.6) is 0 Å². The van der Waals surface area contributed by atoms with Gasteiger partial charge in [-0.1, -0.05) is 30.3 Å². The maximum Gasteiger partial charge on any atom is 0.466 e. The molecular formula is C24H30F2O7S2. The summed E-state index contributed by atoms with van der Waals surface area (Å²) in [5.74, 6) is -2.51. The molecule has 1 aliphatic heterocycles. The number of rotatable bonds is 8. The van der Waals surface area contributed by atoms with Crippen LogP contribution in [0, 0.1) is 17.8 Å². The fraction of sp³-hybridized carbons (Fsp3) is 0.667. The molecule has 6 rings (SSSR count). The minimum Gasteiger partial charge on any atom is -0.454 e. The Morgan fingerprint density at radius 2 is 1.66 bits per heavy atom. The van der Waals surface area contributed by atoms with E-state index in [0.29, 0.717) is 24.8 Å². The number of ether oxygens (including phenoxy) is 1. The molecule has 2 atom stereocenters. The Bertz CT molecular complexity index is 1090. The first-order chi connectivity index (χ1) is 16.4. The second kappa shape index (κ2) is 8.78. The molecule has 0 radical (unpaired) electrons. The first kappa shape index (κ1) is 25.1. The summed E-state index contributed by atoms with van der Waals surface area (Å²) in [6.45, 7) is 0. The Labute approximate surface area is 205 Å². The molecule has 4 saturated carbocycles. The highest BCUT2D eigenvalue weighted by molar-refractivity contribution is 8.33. The van der Waals surface area contributed by atoms with E-state index in [1.807, 2.05) is 0 Å². The molecule has 0 spiro atoms. The molecule has 5 fully saturated rings. The monoisotopic (exact) mass is 532 g/mol. The molecule has 7 nitrogen and oxygen atoms in total. The van der Waals surface area contributed by atoms with Crippen molar-refractivity contribution in [2.75, 3.05) is 17.3 Å². The van der Waals surface area contributed by atoms with Gasteiger partial charge in [-0.05, 0) is 62.7 Å². The summed E-state index contributed by atoms with van der Waals surface area (Å²) in [4.78, 5) is 25.4. The molecule has 35 heavy (non-hydrogen) atoms. The average molecular weight is 533 g/mol. The van der Waals surface area contributed by atoms with Crippen LogP contribution in [0.1, 0.15) is 55.3 Å². The number of ketones is 1. The van der Waals surface area contributed by atoms with E-state index in [4.69, 9.17) is 8.37 Å². The number of hydrogen-bond acceptors (Lipinski definition) is 7. The number of benzene rings is 1. The van der Waals surface area contributed by atoms with E-state index in [1.54, 1.807) is 30.3 Å². The van der Waals surface area contributed by atoms with E-state index in [1.165, 1.54) is 0 Å². The molecule has 1 saturated heterocycles. The van der Waals surface area contributed by atoms with Crippen LogP contribution in [-0.2, 0) is 23.3 Å². The normalized spacial score (nSPS) is 34.5. The van der Waals surface area contributed by atoms with Crippen LogP contribution in [0.25, 0.3) is 0 Å². The number of halogens is 2. The van der Waals surface area contributed by atoms with Gasteiger partial charge in [0.15, 0.2) is 5.78 Å². The van der Waals surface area contributed by atoms with Crippen molar-refractivity contribution in [3.8, 4) is 0 Å². The highest BCUT2D eigenvalue weighted by Crippen LogP contribution is 2.59. The number of aliphatic hydroxyl groups excluding tert-OH is 1. The van der Waals surface area contributed by atoms with E-state index in [0.717, 1.165) is 12.8 Å². The van der Waals surface area contributed by atoms with E-state index in [2.05, 4.69) is 0 Å². The summed E-state index contributed by atoms with van der Waals surface area (Å²) < 4.78 is 66.3. The number of Topliss-reactive ketones (excluding diaryl/α,β-unsaturated/α-hetero) is 1. The summed E-state index contributed by atoms with van der Waals surface area (Å²) in [6.07, 6.45) is 2.99. The summed E-state index contributed by atoms with van der Waals surface area (Å²) in [7, 11) is -8.40. The van der Waals surface area contributed by atoms with Crippen molar-refractivity contribution in [2.24, 2.45) is 17.8 Å². The minimum absolute atomic E-state index is 0.134. The van der Waals surface area contributed by atoms with Gasteiger partial charge >= 0.3 is 21.3 Å². The fourth-order valence-corrected chi connectivity index (χ4v) is 12.1. The van der Waals surface area contributed by atoms with Crippen LogP contribution in [0.15, 0.2) is 30.3 Å². The minimum atomic E-state index is -5.70. The second-order valence-electron chi connectivity index (χ2n) is 10.6. The van der Waals surface area contributed by atoms with Gasteiger partial charge in [-0.3, -0.25) is 4.79 Å². The van der Waals surface area contributed by atoms with Gasteiger partial charge in [-0.2, -0.15) is 17.2 Å². The van der Waals surface area contributed by atoms with Crippen molar-refractivity contribution in [2.45, 2.75) is 61.9 Å². The quantitative estimate of drug-likeness (QED) is 0.401. The van der Waals surface area contributed by atoms with E-state index >= 15 is 8.78 Å². The van der Waals surface area contributed by atoms with Crippen molar-refractivity contribution in [3.63, 3.8) is 0 Å². The second-order valence-corrected chi connectivity index (χ2v) is 15.6. The molecule has 5 aliphatic rings. The first-order valence-corrected chi connectivity index (χ1v) is 15.5. The lowest BCUT2D eigenvalue weighted by atomic mass is 9.53. The molecule has 194 valence electrons. The Morgan fingerprint density at radius 3 is 2.26 bits per heavy atom. The Balaban J connectivity index is 1.32. The number of hydrogen-bond donors (Lipinski definition) is 1. The highest BCUT2D eigenvalue weighted by Gasteiger charge is 2.63. The standard InChI is InChI=1S/C24H30F2O7S2/c25-24(26,22(29)32-23-12-16-10-18(13-23)21(28)19(11-16)14-23)35(30,31)33-34(8-4-5-9-34)15-20(27)17-6-2-1-3-7-17/h1-3,6-7,16,18-19,21,28H,4-5,8-15H2. The van der Waals surface area contributed by atoms with Crippen LogP contribution in [0.3, 0.4) is 0 Å². The van der Waals surface area contributed by atoms with E-state index < -0.39 is 43.4 Å². The van der Waals surface area contributed by atoms with Crippen LogP contribution in [0.4, 0.5) is 8.78 Å². The largest absolute Gasteiger partial charge is 0.466 e. The van der Waals surface area contributed by atoms with Gasteiger partial charge in [-0.15, -0.1) is 10.3 Å². The zero-order valence-electron chi connectivity index (χ0n) is 19.2. The van der Waals surface area contributed by atoms with Gasteiger partial charge in [0, 0.05) is 17.1 Å². The lowest BCUT2D eigenvalue weighted by molar-refractivity contribution is -0.217. The lowest BCUT2D eigenvalue weighted by Crippen LogP contribution is -2.59. The number of aliphatic hydroxyl groups is 1. The SMILES string of the molecule is O=C(CS1(OS(=O)(=O)C(F)(F)C(=O)OC23CC4CC(C2)C(O)C(C4)C3)CCCC1)c1ccccc1. The van der Waals surface area contributed by atoms with Gasteiger partial charge in [0.25, 0.3) is 0 Å². The molecule has 1 N–H and O–H groups in total. The smallest absolute Gasteiger partial charge is 0.454 e. The molecule has 4 aliphatic carbocycles. The van der Waals surface area contributed by atoms with Crippen molar-refractivity contribution in [1.82, 2.24) is 0 Å². The van der Waals surface area contributed by atoms with E-state index in [-0.39, 0.29) is 53.6 Å². The van der Waals surface area contributed by atoms with Gasteiger partial charge in [0.2, 0.25) is 0 Å². The first-order valence-electron chi connectivity index (χ1n) is 12.0. The molecule has 0 amide bonds. The molecule has 4 bridgehead atoms. The topological polar surface area (TPSA) is 107 Å². The number of carbonyl (C=O) groups excluding carboxylic acids is 2. The molecule has 1 aromatic rings. The summed E-state index contributed by atoms with van der Waals surface area (Å²) in [5.41, 5.74) is -0.824. The Hall–Kier alpha value is -1.56. The van der Waals surface area contributed by atoms with Gasteiger partial charge in [-0.25, -0.2) is 8.42 Å². The van der Waals surface area contributed by atoms with Gasteiger partial charge in [0.1, 0.15) is 5.60 Å². The average Bonchev–Trinajstić information content (AvgIpc) is 3.24. The summed E-state index contributed by atoms with van der Waals surface area (Å²) in [5, 5.41) is 5.48. The molecule has 1 heterocycles. The predicted molar refractivity (Wildman–Crippen MR) is 126 cm³/mol. The van der Waals surface area contributed by atoms with Crippen LogP contribution in [-0.4, -0.2) is 59.5 Å². The summed E-state index contributed by atoms with van der Waals surface area (Å²) >= 11 is 0. The van der Waals surface area contributed by atoms with Gasteiger partial charge < -0.3 is 9.84 Å². The molecule has 1 aromatic carbocycles. The number of esters is 1. The zero-order valence-corrected chi connectivity index (χ0v) is 20.9. The third kappa shape index (κ3) is 4.53. The van der Waals surface area contributed by atoms with Crippen LogP contribution < -0.4 is 0 Å². The third-order valence-corrected chi connectivity index (χ3v) is 13.6. The number of alkyl halides is 2. The van der Waals surface area contributed by atoms with E-state index in [9.17, 15) is 23.1 Å². The Morgan fingerprint density at radius 1 is 1.06 bits per heavy atom. The zero-order chi connectivity index (χ0) is 25.1. The highest BCUT2D eigenvalue weighted by atomic mass is 32.3. The summed E-state index contributed by atoms with van der Waals surface area (Å²) in [6, 6.07) is 8.21. The van der Waals surface area contributed by atoms with Crippen molar-refractivity contribution < 1.29 is 40.3 Å². The maximum atomic E-state index is 15.1. The maximum absolute atomic E-state index is 15.1. The molecule has 11 heteroatoms. The Kier molecular flexibility index (Phi) is 6.30. The predicted octanol–water partition coefficient (Wildman–Crippen LogP) is 3.80. The lowest BCUT2D eigenvalue weighted by Gasteiger charge is -2.57. The fourth-order valence-electron chi connectivity index (χ4n) is 6.65. The molecule has 0 aromatic heterocycles. The molecular weight excluding hydrogens is 502 g/mol. The van der Waals surface area contributed by atoms with Crippen molar-refractivity contribution in [3.05, 3.63) is 35.9 Å². The third-order valence-electron chi connectivity index (χ3n) is 8.03. The van der Waals surface area contributed by atoms with Gasteiger partial charge in [0.05, 0.1) is 11.9 Å².